The quantitative estimate of drug-likeness (QED) is 0.798. The van der Waals surface area contributed by atoms with Gasteiger partial charge in [-0.1, -0.05) is 6.07 Å². The van der Waals surface area contributed by atoms with Crippen LogP contribution in [0.1, 0.15) is 19.4 Å². The molecule has 0 amide bonds. The maximum absolute atomic E-state index is 5.79. The van der Waals surface area contributed by atoms with Crippen molar-refractivity contribution in [1.82, 2.24) is 10.3 Å². The third-order valence-electron chi connectivity index (χ3n) is 3.39. The number of methoxy groups -OCH3 is 1. The van der Waals surface area contributed by atoms with Crippen molar-refractivity contribution in [3.63, 3.8) is 0 Å². The van der Waals surface area contributed by atoms with Gasteiger partial charge in [0.25, 0.3) is 0 Å². The summed E-state index contributed by atoms with van der Waals surface area (Å²) in [6, 6.07) is 4.12. The fourth-order valence-electron chi connectivity index (χ4n) is 2.60. The average molecular weight is 279 g/mol. The summed E-state index contributed by atoms with van der Waals surface area (Å²) in [4.78, 5) is 6.89. The second kappa shape index (κ2) is 7.57. The van der Waals surface area contributed by atoms with E-state index in [0.717, 1.165) is 38.6 Å². The SMILES string of the molecule is COCCNCc1cccnc1N1C[C@@H](C)O[C@@H](C)C1. The summed E-state index contributed by atoms with van der Waals surface area (Å²) < 4.78 is 10.8. The molecule has 1 aliphatic heterocycles. The van der Waals surface area contributed by atoms with Crippen molar-refractivity contribution in [2.24, 2.45) is 0 Å². The number of hydrogen-bond donors (Lipinski definition) is 1. The van der Waals surface area contributed by atoms with Gasteiger partial charge in [0.1, 0.15) is 5.82 Å². The number of nitrogens with zero attached hydrogens (tertiary/aromatic N) is 2. The Hall–Kier alpha value is -1.17. The molecule has 0 aliphatic carbocycles. The molecular formula is C15H25N3O2. The monoisotopic (exact) mass is 279 g/mol. The van der Waals surface area contributed by atoms with Gasteiger partial charge >= 0.3 is 0 Å². The van der Waals surface area contributed by atoms with Crippen molar-refractivity contribution in [3.8, 4) is 0 Å². The van der Waals surface area contributed by atoms with Crippen molar-refractivity contribution in [3.05, 3.63) is 23.9 Å². The number of morpholine rings is 1. The van der Waals surface area contributed by atoms with Crippen LogP contribution in [0.15, 0.2) is 18.3 Å². The molecule has 112 valence electrons. The number of ether oxygens (including phenoxy) is 2. The normalized spacial score (nSPS) is 23.1. The van der Waals surface area contributed by atoms with Crippen LogP contribution in [0.25, 0.3) is 0 Å². The van der Waals surface area contributed by atoms with E-state index < -0.39 is 0 Å². The van der Waals surface area contributed by atoms with Crippen LogP contribution in [0.2, 0.25) is 0 Å². The van der Waals surface area contributed by atoms with E-state index in [1.807, 2.05) is 12.3 Å². The number of aromatic nitrogens is 1. The third-order valence-corrected chi connectivity index (χ3v) is 3.39. The Balaban J connectivity index is 2.03. The number of anilines is 1. The Kier molecular flexibility index (Phi) is 5.76. The fourth-order valence-corrected chi connectivity index (χ4v) is 2.60. The predicted molar refractivity (Wildman–Crippen MR) is 80.0 cm³/mol. The van der Waals surface area contributed by atoms with E-state index in [0.29, 0.717) is 0 Å². The zero-order valence-electron chi connectivity index (χ0n) is 12.6. The second-order valence-corrected chi connectivity index (χ2v) is 5.32. The minimum absolute atomic E-state index is 0.245. The van der Waals surface area contributed by atoms with Gasteiger partial charge in [-0.3, -0.25) is 0 Å². The van der Waals surface area contributed by atoms with Gasteiger partial charge in [0.05, 0.1) is 18.8 Å². The molecule has 1 aromatic heterocycles. The van der Waals surface area contributed by atoms with Crippen LogP contribution in [-0.2, 0) is 16.0 Å². The Bertz CT molecular complexity index is 404. The molecule has 2 heterocycles. The lowest BCUT2D eigenvalue weighted by Crippen LogP contribution is -2.46. The molecule has 0 bridgehead atoms. The van der Waals surface area contributed by atoms with E-state index in [1.165, 1.54) is 5.56 Å². The lowest BCUT2D eigenvalue weighted by molar-refractivity contribution is -0.00551. The highest BCUT2D eigenvalue weighted by Gasteiger charge is 2.24. The van der Waals surface area contributed by atoms with Gasteiger partial charge in [0, 0.05) is 45.0 Å². The van der Waals surface area contributed by atoms with Crippen LogP contribution in [0.3, 0.4) is 0 Å². The molecule has 5 nitrogen and oxygen atoms in total. The van der Waals surface area contributed by atoms with Crippen molar-refractivity contribution >= 4 is 5.82 Å². The first-order chi connectivity index (χ1) is 9.70. The zero-order valence-corrected chi connectivity index (χ0v) is 12.6. The predicted octanol–water partition coefficient (Wildman–Crippen LogP) is 1.43. The van der Waals surface area contributed by atoms with Crippen molar-refractivity contribution in [1.29, 1.82) is 0 Å². The first-order valence-corrected chi connectivity index (χ1v) is 7.24. The van der Waals surface area contributed by atoms with Gasteiger partial charge in [-0.05, 0) is 19.9 Å². The largest absolute Gasteiger partial charge is 0.383 e. The van der Waals surface area contributed by atoms with Gasteiger partial charge in [-0.25, -0.2) is 4.98 Å². The maximum Gasteiger partial charge on any atom is 0.133 e. The summed E-state index contributed by atoms with van der Waals surface area (Å²) >= 11 is 0. The number of nitrogens with one attached hydrogen (secondary N) is 1. The number of pyridine rings is 1. The molecule has 1 saturated heterocycles. The second-order valence-electron chi connectivity index (χ2n) is 5.32. The lowest BCUT2D eigenvalue weighted by atomic mass is 10.2. The standard InChI is InChI=1S/C15H25N3O2/c1-12-10-18(11-13(2)20-12)15-14(5-4-6-17-15)9-16-7-8-19-3/h4-6,12-13,16H,7-11H2,1-3H3/t12-,13+. The van der Waals surface area contributed by atoms with Gasteiger partial charge in [0.15, 0.2) is 0 Å². The van der Waals surface area contributed by atoms with Crippen LogP contribution in [0.4, 0.5) is 5.82 Å². The zero-order chi connectivity index (χ0) is 14.4. The molecule has 0 radical (unpaired) electrons. The molecule has 5 heteroatoms. The molecule has 1 aromatic rings. The van der Waals surface area contributed by atoms with Crippen LogP contribution in [0.5, 0.6) is 0 Å². The fraction of sp³-hybridized carbons (Fsp3) is 0.667. The Morgan fingerprint density at radius 2 is 2.15 bits per heavy atom. The third kappa shape index (κ3) is 4.16. The van der Waals surface area contributed by atoms with Gasteiger partial charge in [-0.2, -0.15) is 0 Å². The molecule has 1 N–H and O–H groups in total. The molecular weight excluding hydrogens is 254 g/mol. The highest BCUT2D eigenvalue weighted by atomic mass is 16.5. The average Bonchev–Trinajstić information content (AvgIpc) is 2.43. The first kappa shape index (κ1) is 15.2. The topological polar surface area (TPSA) is 46.6 Å². The molecule has 0 unspecified atom stereocenters. The maximum atomic E-state index is 5.79. The van der Waals surface area contributed by atoms with Crippen LogP contribution >= 0.6 is 0 Å². The summed E-state index contributed by atoms with van der Waals surface area (Å²) in [6.07, 6.45) is 2.35. The van der Waals surface area contributed by atoms with E-state index in [9.17, 15) is 0 Å². The summed E-state index contributed by atoms with van der Waals surface area (Å²) in [5.74, 6) is 1.07. The van der Waals surface area contributed by atoms with E-state index in [1.54, 1.807) is 7.11 Å². The molecule has 2 atom stereocenters. The van der Waals surface area contributed by atoms with Crippen molar-refractivity contribution in [2.45, 2.75) is 32.6 Å². The van der Waals surface area contributed by atoms with E-state index >= 15 is 0 Å². The molecule has 0 spiro atoms. The first-order valence-electron chi connectivity index (χ1n) is 7.24. The summed E-state index contributed by atoms with van der Waals surface area (Å²) in [7, 11) is 1.72. The van der Waals surface area contributed by atoms with Gasteiger partial charge < -0.3 is 19.7 Å². The van der Waals surface area contributed by atoms with Gasteiger partial charge in [0.2, 0.25) is 0 Å². The Morgan fingerprint density at radius 3 is 2.85 bits per heavy atom. The lowest BCUT2D eigenvalue weighted by Gasteiger charge is -2.37. The molecule has 1 aliphatic rings. The van der Waals surface area contributed by atoms with Crippen molar-refractivity contribution < 1.29 is 9.47 Å². The van der Waals surface area contributed by atoms with Crippen molar-refractivity contribution in [2.75, 3.05) is 38.3 Å². The minimum atomic E-state index is 0.245. The summed E-state index contributed by atoms with van der Waals surface area (Å²) in [5.41, 5.74) is 1.23. The minimum Gasteiger partial charge on any atom is -0.383 e. The van der Waals surface area contributed by atoms with Crippen LogP contribution in [-0.4, -0.2) is 50.5 Å². The summed E-state index contributed by atoms with van der Waals surface area (Å²) in [5, 5.41) is 3.38. The van der Waals surface area contributed by atoms with Crippen LogP contribution in [0, 0.1) is 0 Å². The highest BCUT2D eigenvalue weighted by molar-refractivity contribution is 5.47. The van der Waals surface area contributed by atoms with E-state index in [2.05, 4.69) is 35.1 Å². The number of hydrogen-bond acceptors (Lipinski definition) is 5. The highest BCUT2D eigenvalue weighted by Crippen LogP contribution is 2.21. The Labute approximate surface area is 121 Å². The molecule has 1 fully saturated rings. The molecule has 2 rings (SSSR count). The smallest absolute Gasteiger partial charge is 0.133 e. The Morgan fingerprint density at radius 1 is 1.40 bits per heavy atom. The van der Waals surface area contributed by atoms with E-state index in [-0.39, 0.29) is 12.2 Å². The van der Waals surface area contributed by atoms with Gasteiger partial charge in [-0.15, -0.1) is 0 Å². The summed E-state index contributed by atoms with van der Waals surface area (Å²) in [6.45, 7) is 8.40. The molecule has 0 saturated carbocycles. The van der Waals surface area contributed by atoms with E-state index in [4.69, 9.17) is 9.47 Å². The molecule has 20 heavy (non-hydrogen) atoms. The number of rotatable bonds is 6. The van der Waals surface area contributed by atoms with Crippen LogP contribution < -0.4 is 10.2 Å². The molecule has 0 aromatic carbocycles.